The van der Waals surface area contributed by atoms with Crippen molar-refractivity contribution in [1.29, 1.82) is 0 Å². The van der Waals surface area contributed by atoms with Crippen LogP contribution in [0.5, 0.6) is 5.75 Å². The van der Waals surface area contributed by atoms with Crippen LogP contribution in [0.1, 0.15) is 23.0 Å². The van der Waals surface area contributed by atoms with Crippen LogP contribution in [0, 0.1) is 0 Å². The molecular weight excluding hydrogens is 278 g/mol. The number of aromatic hydroxyl groups is 1. The fraction of sp³-hybridized carbons (Fsp3) is 0.0588. The highest BCUT2D eigenvalue weighted by molar-refractivity contribution is 6.03. The molecule has 0 aliphatic heterocycles. The van der Waals surface area contributed by atoms with Crippen LogP contribution in [0.2, 0.25) is 0 Å². The van der Waals surface area contributed by atoms with Crippen LogP contribution < -0.4 is 5.43 Å². The largest absolute Gasteiger partial charge is 0.507 e. The van der Waals surface area contributed by atoms with Crippen molar-refractivity contribution in [3.63, 3.8) is 0 Å². The van der Waals surface area contributed by atoms with E-state index in [1.54, 1.807) is 25.1 Å². The number of para-hydroxylation sites is 2. The van der Waals surface area contributed by atoms with Crippen molar-refractivity contribution >= 4 is 22.5 Å². The molecule has 0 unspecified atom stereocenters. The van der Waals surface area contributed by atoms with E-state index in [1.807, 2.05) is 30.3 Å². The molecule has 5 heteroatoms. The number of amides is 1. The summed E-state index contributed by atoms with van der Waals surface area (Å²) in [6.45, 7) is 1.80. The van der Waals surface area contributed by atoms with Crippen molar-refractivity contribution in [2.24, 2.45) is 5.10 Å². The molecule has 1 amide bonds. The molecule has 22 heavy (non-hydrogen) atoms. The smallest absolute Gasteiger partial charge is 0.275 e. The molecule has 0 saturated carbocycles. The topological polar surface area (TPSA) is 77.5 Å². The second-order valence-electron chi connectivity index (χ2n) is 4.93. The highest BCUT2D eigenvalue weighted by Crippen LogP contribution is 2.16. The zero-order valence-electron chi connectivity index (χ0n) is 12.0. The van der Waals surface area contributed by atoms with Gasteiger partial charge in [0.15, 0.2) is 0 Å². The second kappa shape index (κ2) is 5.73. The van der Waals surface area contributed by atoms with Gasteiger partial charge in [0.1, 0.15) is 5.75 Å². The lowest BCUT2D eigenvalue weighted by Gasteiger charge is -2.03. The number of aromatic nitrogens is 1. The molecule has 0 aliphatic carbocycles. The molecule has 0 radical (unpaired) electrons. The molecule has 3 rings (SSSR count). The molecule has 0 atom stereocenters. The Hall–Kier alpha value is -3.08. The monoisotopic (exact) mass is 293 g/mol. The third-order valence-electron chi connectivity index (χ3n) is 3.39. The van der Waals surface area contributed by atoms with Gasteiger partial charge < -0.3 is 10.1 Å². The lowest BCUT2D eigenvalue weighted by molar-refractivity contribution is 0.0952. The maximum absolute atomic E-state index is 12.0. The summed E-state index contributed by atoms with van der Waals surface area (Å²) in [5.74, 6) is -0.521. The fourth-order valence-corrected chi connectivity index (χ4v) is 2.19. The molecule has 0 saturated heterocycles. The maximum atomic E-state index is 12.0. The Bertz CT molecular complexity index is 832. The lowest BCUT2D eigenvalue weighted by Crippen LogP contribution is -2.19. The van der Waals surface area contributed by atoms with Crippen LogP contribution in [0.3, 0.4) is 0 Å². The zero-order chi connectivity index (χ0) is 15.5. The molecular formula is C17H15N3O2. The molecule has 0 aliphatic rings. The van der Waals surface area contributed by atoms with Crippen molar-refractivity contribution in [3.8, 4) is 5.75 Å². The predicted molar refractivity (Wildman–Crippen MR) is 86.1 cm³/mol. The van der Waals surface area contributed by atoms with Crippen LogP contribution >= 0.6 is 0 Å². The van der Waals surface area contributed by atoms with Crippen molar-refractivity contribution < 1.29 is 9.90 Å². The van der Waals surface area contributed by atoms with Gasteiger partial charge in [-0.1, -0.05) is 30.3 Å². The average Bonchev–Trinajstić information content (AvgIpc) is 2.97. The molecule has 0 fully saturated rings. The highest BCUT2D eigenvalue weighted by Gasteiger charge is 2.10. The molecule has 2 aromatic carbocycles. The summed E-state index contributed by atoms with van der Waals surface area (Å²) in [5, 5.41) is 14.8. The minimum absolute atomic E-state index is 0.0709. The number of H-pyrrole nitrogens is 1. The van der Waals surface area contributed by atoms with E-state index < -0.39 is 5.91 Å². The van der Waals surface area contributed by atoms with Crippen molar-refractivity contribution in [2.75, 3.05) is 0 Å². The number of hydrazone groups is 1. The first kappa shape index (κ1) is 13.9. The fourth-order valence-electron chi connectivity index (χ4n) is 2.19. The van der Waals surface area contributed by atoms with Gasteiger partial charge in [0.2, 0.25) is 0 Å². The molecule has 110 valence electrons. The van der Waals surface area contributed by atoms with Crippen LogP contribution in [0.15, 0.2) is 59.7 Å². The summed E-state index contributed by atoms with van der Waals surface area (Å²) in [4.78, 5) is 15.2. The zero-order valence-corrected chi connectivity index (χ0v) is 12.0. The second-order valence-corrected chi connectivity index (χ2v) is 4.93. The van der Waals surface area contributed by atoms with Crippen molar-refractivity contribution in [2.45, 2.75) is 6.92 Å². The molecule has 1 heterocycles. The molecule has 5 nitrogen and oxygen atoms in total. The summed E-state index contributed by atoms with van der Waals surface area (Å²) in [6, 6.07) is 16.2. The maximum Gasteiger partial charge on any atom is 0.275 e. The van der Waals surface area contributed by atoms with E-state index >= 15 is 0 Å². The van der Waals surface area contributed by atoms with Crippen LogP contribution in [-0.2, 0) is 0 Å². The number of benzene rings is 2. The third kappa shape index (κ3) is 2.69. The third-order valence-corrected chi connectivity index (χ3v) is 3.39. The number of rotatable bonds is 3. The van der Waals surface area contributed by atoms with Crippen LogP contribution in [0.25, 0.3) is 10.9 Å². The summed E-state index contributed by atoms with van der Waals surface area (Å²) >= 11 is 0. The van der Waals surface area contributed by atoms with E-state index in [2.05, 4.69) is 15.5 Å². The van der Waals surface area contributed by atoms with Gasteiger partial charge in [-0.2, -0.15) is 5.10 Å². The van der Waals surface area contributed by atoms with Crippen molar-refractivity contribution in [3.05, 3.63) is 65.9 Å². The van der Waals surface area contributed by atoms with E-state index in [9.17, 15) is 9.90 Å². The molecule has 0 spiro atoms. The number of nitrogens with one attached hydrogen (secondary N) is 2. The average molecular weight is 293 g/mol. The van der Waals surface area contributed by atoms with Gasteiger partial charge in [0, 0.05) is 10.9 Å². The van der Waals surface area contributed by atoms with Crippen molar-refractivity contribution in [1.82, 2.24) is 10.4 Å². The number of aromatic amines is 1. The quantitative estimate of drug-likeness (QED) is 0.513. The van der Waals surface area contributed by atoms with Gasteiger partial charge in [-0.05, 0) is 31.2 Å². The minimum Gasteiger partial charge on any atom is -0.507 e. The van der Waals surface area contributed by atoms with Crippen LogP contribution in [0.4, 0.5) is 0 Å². The summed E-state index contributed by atoms with van der Waals surface area (Å²) in [7, 11) is 0. The Balaban J connectivity index is 1.80. The lowest BCUT2D eigenvalue weighted by atomic mass is 10.2. The highest BCUT2D eigenvalue weighted by atomic mass is 16.3. The van der Waals surface area contributed by atoms with Gasteiger partial charge in [-0.15, -0.1) is 0 Å². The van der Waals surface area contributed by atoms with E-state index in [0.717, 1.165) is 16.6 Å². The number of phenols is 1. The molecule has 0 bridgehead atoms. The number of carbonyl (C=O) groups is 1. The summed E-state index contributed by atoms with van der Waals surface area (Å²) < 4.78 is 0. The normalized spacial score (nSPS) is 11.6. The first-order valence-electron chi connectivity index (χ1n) is 6.86. The van der Waals surface area contributed by atoms with E-state index in [-0.39, 0.29) is 11.3 Å². The molecule has 1 aromatic heterocycles. The SMILES string of the molecule is CC(=NNC(=O)c1ccccc1O)c1cc2ccccc2[nH]1. The number of phenolic OH excluding ortho intramolecular Hbond substituents is 1. The van der Waals surface area contributed by atoms with Crippen LogP contribution in [-0.4, -0.2) is 21.7 Å². The minimum atomic E-state index is -0.450. The number of fused-ring (bicyclic) bond motifs is 1. The summed E-state index contributed by atoms with van der Waals surface area (Å²) in [5.41, 5.74) is 5.14. The number of carbonyl (C=O) groups excluding carboxylic acids is 1. The van der Waals surface area contributed by atoms with Gasteiger partial charge in [0.25, 0.3) is 5.91 Å². The Morgan fingerprint density at radius 1 is 1.14 bits per heavy atom. The molecule has 3 aromatic rings. The summed E-state index contributed by atoms with van der Waals surface area (Å²) in [6.07, 6.45) is 0. The Morgan fingerprint density at radius 3 is 2.64 bits per heavy atom. The Kier molecular flexibility index (Phi) is 3.62. The number of hydrogen-bond donors (Lipinski definition) is 3. The Labute approximate surface area is 127 Å². The van der Waals surface area contributed by atoms with Gasteiger partial charge in [-0.3, -0.25) is 4.79 Å². The van der Waals surface area contributed by atoms with Gasteiger partial charge >= 0.3 is 0 Å². The van der Waals surface area contributed by atoms with Gasteiger partial charge in [0.05, 0.1) is 17.0 Å². The standard InChI is InChI=1S/C17H15N3O2/c1-11(15-10-12-6-2-4-8-14(12)18-15)19-20-17(22)13-7-3-5-9-16(13)21/h2-10,18,21H,1H3,(H,20,22). The number of nitrogens with zero attached hydrogens (tertiary/aromatic N) is 1. The van der Waals surface area contributed by atoms with Gasteiger partial charge in [-0.25, -0.2) is 5.43 Å². The number of hydrogen-bond acceptors (Lipinski definition) is 3. The predicted octanol–water partition coefficient (Wildman–Crippen LogP) is 3.03. The Morgan fingerprint density at radius 2 is 1.86 bits per heavy atom. The van der Waals surface area contributed by atoms with E-state index in [1.165, 1.54) is 6.07 Å². The first-order chi connectivity index (χ1) is 10.6. The first-order valence-corrected chi connectivity index (χ1v) is 6.86. The van der Waals surface area contributed by atoms with E-state index in [4.69, 9.17) is 0 Å². The molecule has 3 N–H and O–H groups in total. The van der Waals surface area contributed by atoms with E-state index in [0.29, 0.717) is 5.71 Å².